The number of benzene rings is 2. The van der Waals surface area contributed by atoms with Crippen LogP contribution in [-0.2, 0) is 16.0 Å². The number of rotatable bonds is 8. The molecule has 1 heterocycles. The Hall–Kier alpha value is -3.02. The zero-order valence-electron chi connectivity index (χ0n) is 19.9. The first-order valence-corrected chi connectivity index (χ1v) is 11.5. The van der Waals surface area contributed by atoms with Gasteiger partial charge < -0.3 is 20.9 Å². The zero-order valence-corrected chi connectivity index (χ0v) is 19.9. The lowest BCUT2D eigenvalue weighted by molar-refractivity contribution is -0.128. The third-order valence-corrected chi connectivity index (χ3v) is 6.28. The Morgan fingerprint density at radius 3 is 2.09 bits per heavy atom. The van der Waals surface area contributed by atoms with Gasteiger partial charge in [0.15, 0.2) is 0 Å². The van der Waals surface area contributed by atoms with Gasteiger partial charge in [-0.15, -0.1) is 0 Å². The first-order valence-electron chi connectivity index (χ1n) is 11.5. The third-order valence-electron chi connectivity index (χ3n) is 6.28. The Morgan fingerprint density at radius 2 is 1.62 bits per heavy atom. The van der Waals surface area contributed by atoms with Gasteiger partial charge in [0, 0.05) is 48.2 Å². The molecule has 0 bridgehead atoms. The van der Waals surface area contributed by atoms with Crippen molar-refractivity contribution in [2.45, 2.75) is 59.0 Å². The van der Waals surface area contributed by atoms with Crippen molar-refractivity contribution in [3.63, 3.8) is 0 Å². The van der Waals surface area contributed by atoms with Gasteiger partial charge in [-0.2, -0.15) is 0 Å². The summed E-state index contributed by atoms with van der Waals surface area (Å²) in [6.45, 7) is 12.3. The number of hydrogen-bond donors (Lipinski definition) is 2. The molecule has 0 aliphatic carbocycles. The maximum atomic E-state index is 12.2. The van der Waals surface area contributed by atoms with Crippen molar-refractivity contribution in [2.75, 3.05) is 23.3 Å². The molecule has 1 saturated heterocycles. The summed E-state index contributed by atoms with van der Waals surface area (Å²) >= 11 is 0. The molecule has 2 atom stereocenters. The number of nitrogens with zero attached hydrogens (tertiary/aromatic N) is 2. The van der Waals surface area contributed by atoms with E-state index in [0.717, 1.165) is 23.5 Å². The van der Waals surface area contributed by atoms with Crippen LogP contribution in [0.15, 0.2) is 48.5 Å². The first-order chi connectivity index (χ1) is 15.1. The number of likely N-dealkylation sites (tertiary alicyclic amines) is 1. The van der Waals surface area contributed by atoms with Crippen LogP contribution in [0.4, 0.5) is 17.1 Å². The molecule has 3 N–H and O–H groups in total. The van der Waals surface area contributed by atoms with Crippen LogP contribution in [0.25, 0.3) is 0 Å². The number of carbonyl (C=O) groups is 2. The van der Waals surface area contributed by atoms with Crippen molar-refractivity contribution in [2.24, 2.45) is 11.7 Å². The smallest absolute Gasteiger partial charge is 0.223 e. The van der Waals surface area contributed by atoms with Crippen molar-refractivity contribution < 1.29 is 9.59 Å². The van der Waals surface area contributed by atoms with Gasteiger partial charge in [-0.3, -0.25) is 9.59 Å². The molecule has 0 saturated carbocycles. The summed E-state index contributed by atoms with van der Waals surface area (Å²) < 4.78 is 0. The predicted octanol–water partition coefficient (Wildman–Crippen LogP) is 4.32. The summed E-state index contributed by atoms with van der Waals surface area (Å²) in [4.78, 5) is 28.2. The van der Waals surface area contributed by atoms with Crippen molar-refractivity contribution in [3.05, 3.63) is 54.1 Å². The third kappa shape index (κ3) is 5.23. The number of hydrogen-bond acceptors (Lipinski definition) is 4. The van der Waals surface area contributed by atoms with E-state index in [1.807, 2.05) is 31.2 Å². The Labute approximate surface area is 191 Å². The molecule has 0 spiro atoms. The fourth-order valence-corrected chi connectivity index (χ4v) is 4.70. The number of anilines is 3. The van der Waals surface area contributed by atoms with E-state index in [9.17, 15) is 9.59 Å². The van der Waals surface area contributed by atoms with E-state index in [4.69, 9.17) is 5.73 Å². The fourth-order valence-electron chi connectivity index (χ4n) is 4.70. The number of carbonyl (C=O) groups excluding carboxylic acids is 2. The van der Waals surface area contributed by atoms with Crippen LogP contribution in [0.5, 0.6) is 0 Å². The molecule has 3 rings (SSSR count). The molecule has 1 fully saturated rings. The van der Waals surface area contributed by atoms with E-state index in [1.54, 1.807) is 4.90 Å². The Bertz CT molecular complexity index is 932. The topological polar surface area (TPSA) is 78.7 Å². The summed E-state index contributed by atoms with van der Waals surface area (Å²) in [5, 5.41) is 3.44. The standard InChI is InChI=1S/C26H36N4O2/c1-6-29-23(22(25(27)32)17-24(29)31)16-18-8-10-19(11-9-18)28-20-12-14-21(15-13-20)30(7-2)26(3,4)5/h8-15,22-23,28H,6-7,16-17H2,1-5H3,(H2,27,32). The number of nitrogens with two attached hydrogens (primary N) is 1. The highest BCUT2D eigenvalue weighted by Gasteiger charge is 2.41. The maximum absolute atomic E-state index is 12.2. The number of amides is 2. The normalized spacial score (nSPS) is 18.7. The summed E-state index contributed by atoms with van der Waals surface area (Å²) in [5.41, 5.74) is 9.94. The van der Waals surface area contributed by atoms with E-state index in [0.29, 0.717) is 13.0 Å². The van der Waals surface area contributed by atoms with Gasteiger partial charge in [-0.05, 0) is 83.0 Å². The van der Waals surface area contributed by atoms with Gasteiger partial charge in [0.25, 0.3) is 0 Å². The van der Waals surface area contributed by atoms with E-state index in [1.165, 1.54) is 5.69 Å². The average Bonchev–Trinajstić information content (AvgIpc) is 3.05. The minimum absolute atomic E-state index is 0.0103. The lowest BCUT2D eigenvalue weighted by Crippen LogP contribution is -2.41. The second kappa shape index (κ2) is 9.63. The minimum Gasteiger partial charge on any atom is -0.369 e. The summed E-state index contributed by atoms with van der Waals surface area (Å²) in [6, 6.07) is 16.5. The molecule has 6 heteroatoms. The maximum Gasteiger partial charge on any atom is 0.223 e. The van der Waals surface area contributed by atoms with E-state index in [-0.39, 0.29) is 23.9 Å². The molecule has 0 radical (unpaired) electrons. The molecule has 2 amide bonds. The molecular weight excluding hydrogens is 400 g/mol. The highest BCUT2D eigenvalue weighted by Crippen LogP contribution is 2.29. The Morgan fingerprint density at radius 1 is 1.06 bits per heavy atom. The lowest BCUT2D eigenvalue weighted by atomic mass is 9.93. The molecule has 172 valence electrons. The van der Waals surface area contributed by atoms with Crippen molar-refractivity contribution in [1.29, 1.82) is 0 Å². The van der Waals surface area contributed by atoms with Crippen LogP contribution in [0, 0.1) is 5.92 Å². The molecule has 6 nitrogen and oxygen atoms in total. The molecule has 2 aromatic carbocycles. The van der Waals surface area contributed by atoms with E-state index in [2.05, 4.69) is 62.2 Å². The molecule has 0 aromatic heterocycles. The minimum atomic E-state index is -0.422. The van der Waals surface area contributed by atoms with E-state index >= 15 is 0 Å². The van der Waals surface area contributed by atoms with Gasteiger partial charge in [0.1, 0.15) is 0 Å². The highest BCUT2D eigenvalue weighted by molar-refractivity contribution is 5.89. The fraction of sp³-hybridized carbons (Fsp3) is 0.462. The van der Waals surface area contributed by atoms with Crippen molar-refractivity contribution >= 4 is 28.9 Å². The van der Waals surface area contributed by atoms with Crippen LogP contribution in [-0.4, -0.2) is 41.4 Å². The lowest BCUT2D eigenvalue weighted by Gasteiger charge is -2.37. The number of likely N-dealkylation sites (N-methyl/N-ethyl adjacent to an activating group) is 1. The predicted molar refractivity (Wildman–Crippen MR) is 131 cm³/mol. The molecular formula is C26H36N4O2. The van der Waals surface area contributed by atoms with Crippen molar-refractivity contribution in [3.8, 4) is 0 Å². The first kappa shape index (κ1) is 23.6. The molecule has 1 aliphatic heterocycles. The van der Waals surface area contributed by atoms with Gasteiger partial charge in [0.05, 0.1) is 5.92 Å². The van der Waals surface area contributed by atoms with Crippen LogP contribution in [0.2, 0.25) is 0 Å². The molecule has 2 unspecified atom stereocenters. The van der Waals surface area contributed by atoms with Crippen LogP contribution in [0.3, 0.4) is 0 Å². The van der Waals surface area contributed by atoms with Crippen LogP contribution >= 0.6 is 0 Å². The molecule has 1 aliphatic rings. The SMILES string of the molecule is CCN1C(=O)CC(C(N)=O)C1Cc1ccc(Nc2ccc(N(CC)C(C)(C)C)cc2)cc1. The van der Waals surface area contributed by atoms with Crippen molar-refractivity contribution in [1.82, 2.24) is 4.90 Å². The van der Waals surface area contributed by atoms with E-state index < -0.39 is 11.8 Å². The molecule has 2 aromatic rings. The number of primary amides is 1. The summed E-state index contributed by atoms with van der Waals surface area (Å²) in [6.07, 6.45) is 0.843. The molecule has 32 heavy (non-hydrogen) atoms. The van der Waals surface area contributed by atoms with Crippen LogP contribution in [0.1, 0.15) is 46.6 Å². The van der Waals surface area contributed by atoms with Crippen LogP contribution < -0.4 is 16.0 Å². The number of nitrogens with one attached hydrogen (secondary N) is 1. The van der Waals surface area contributed by atoms with Gasteiger partial charge >= 0.3 is 0 Å². The highest BCUT2D eigenvalue weighted by atomic mass is 16.2. The second-order valence-corrected chi connectivity index (χ2v) is 9.45. The van der Waals surface area contributed by atoms with Gasteiger partial charge in [-0.25, -0.2) is 0 Å². The van der Waals surface area contributed by atoms with Gasteiger partial charge in [0.2, 0.25) is 11.8 Å². The monoisotopic (exact) mass is 436 g/mol. The Kier molecular flexibility index (Phi) is 7.12. The van der Waals surface area contributed by atoms with Gasteiger partial charge in [-0.1, -0.05) is 12.1 Å². The summed E-state index contributed by atoms with van der Waals surface area (Å²) in [5.74, 6) is -0.806. The Balaban J connectivity index is 1.67. The zero-order chi connectivity index (χ0) is 23.5. The largest absolute Gasteiger partial charge is 0.369 e. The summed E-state index contributed by atoms with van der Waals surface area (Å²) in [7, 11) is 0. The second-order valence-electron chi connectivity index (χ2n) is 9.45. The average molecular weight is 437 g/mol. The quantitative estimate of drug-likeness (QED) is 0.646.